The molecule has 1 heterocycles. The Hall–Kier alpha value is -3.47. The number of Topliss-reactive ketones (excluding diaryl/α,β-unsaturated/α-hetero) is 1. The van der Waals surface area contributed by atoms with Crippen molar-refractivity contribution in [1.82, 2.24) is 9.88 Å². The van der Waals surface area contributed by atoms with Crippen LogP contribution >= 0.6 is 0 Å². The number of rotatable bonds is 3. The number of carbonyl (C=O) groups excluding carboxylic acids is 2. The van der Waals surface area contributed by atoms with Crippen molar-refractivity contribution >= 4 is 33.4 Å². The van der Waals surface area contributed by atoms with E-state index in [1.165, 1.54) is 31.1 Å². The Morgan fingerprint density at radius 1 is 0.926 bits per heavy atom. The average Bonchev–Trinajstić information content (AvgIpc) is 3.04. The van der Waals surface area contributed by atoms with Gasteiger partial charge in [-0.25, -0.2) is 4.39 Å². The molecule has 1 amide bonds. The van der Waals surface area contributed by atoms with Gasteiger partial charge in [0.2, 0.25) is 0 Å². The molecule has 4 aromatic rings. The first-order chi connectivity index (χ1) is 13.0. The van der Waals surface area contributed by atoms with E-state index in [-0.39, 0.29) is 5.56 Å². The summed E-state index contributed by atoms with van der Waals surface area (Å²) >= 11 is 0. The first-order valence-corrected chi connectivity index (χ1v) is 8.52. The van der Waals surface area contributed by atoms with Gasteiger partial charge in [0.05, 0.1) is 11.3 Å². The Balaban J connectivity index is 2.00. The number of amides is 1. The zero-order chi connectivity index (χ0) is 19.1. The molecule has 0 fully saturated rings. The van der Waals surface area contributed by atoms with Crippen LogP contribution in [0.2, 0.25) is 0 Å². The SMILES string of the molecule is CN(C)C(=O)C(=O)c1c(-c2ccc3ccccc3c2)[nH]c2ccc(F)cc12. The van der Waals surface area contributed by atoms with Gasteiger partial charge in [-0.3, -0.25) is 9.59 Å². The maximum Gasteiger partial charge on any atom is 0.294 e. The third-order valence-corrected chi connectivity index (χ3v) is 4.63. The van der Waals surface area contributed by atoms with Crippen molar-refractivity contribution in [2.75, 3.05) is 14.1 Å². The lowest BCUT2D eigenvalue weighted by Gasteiger charge is -2.10. The molecule has 0 saturated heterocycles. The molecular weight excluding hydrogens is 343 g/mol. The Kier molecular flexibility index (Phi) is 4.00. The molecule has 27 heavy (non-hydrogen) atoms. The molecule has 4 rings (SSSR count). The lowest BCUT2D eigenvalue weighted by atomic mass is 9.99. The van der Waals surface area contributed by atoms with Gasteiger partial charge in [0.1, 0.15) is 5.82 Å². The minimum Gasteiger partial charge on any atom is -0.354 e. The van der Waals surface area contributed by atoms with Crippen LogP contribution in [-0.4, -0.2) is 35.7 Å². The van der Waals surface area contributed by atoms with Crippen molar-refractivity contribution in [1.29, 1.82) is 0 Å². The third-order valence-electron chi connectivity index (χ3n) is 4.63. The summed E-state index contributed by atoms with van der Waals surface area (Å²) in [7, 11) is 3.04. The van der Waals surface area contributed by atoms with Crippen LogP contribution in [0, 0.1) is 5.82 Å². The van der Waals surface area contributed by atoms with Crippen LogP contribution in [0.15, 0.2) is 60.7 Å². The fourth-order valence-electron chi connectivity index (χ4n) is 3.27. The summed E-state index contributed by atoms with van der Waals surface area (Å²) in [5.41, 5.74) is 2.08. The van der Waals surface area contributed by atoms with E-state index in [0.29, 0.717) is 16.6 Å². The van der Waals surface area contributed by atoms with Crippen LogP contribution in [-0.2, 0) is 4.79 Å². The monoisotopic (exact) mass is 360 g/mol. The highest BCUT2D eigenvalue weighted by Crippen LogP contribution is 2.33. The zero-order valence-corrected chi connectivity index (χ0v) is 14.9. The maximum absolute atomic E-state index is 13.8. The predicted octanol–water partition coefficient (Wildman–Crippen LogP) is 4.40. The first kappa shape index (κ1) is 17.0. The van der Waals surface area contributed by atoms with Crippen molar-refractivity contribution in [3.05, 3.63) is 72.0 Å². The van der Waals surface area contributed by atoms with Crippen LogP contribution in [0.4, 0.5) is 4.39 Å². The number of benzene rings is 3. The molecule has 0 unspecified atom stereocenters. The van der Waals surface area contributed by atoms with Gasteiger partial charge < -0.3 is 9.88 Å². The third kappa shape index (κ3) is 2.87. The molecular formula is C22H17FN2O2. The molecule has 0 saturated carbocycles. The van der Waals surface area contributed by atoms with Crippen molar-refractivity contribution in [2.45, 2.75) is 0 Å². The quantitative estimate of drug-likeness (QED) is 0.435. The van der Waals surface area contributed by atoms with Crippen molar-refractivity contribution < 1.29 is 14.0 Å². The van der Waals surface area contributed by atoms with Crippen LogP contribution < -0.4 is 0 Å². The second-order valence-corrected chi connectivity index (χ2v) is 6.66. The minimum atomic E-state index is -0.667. The van der Waals surface area contributed by atoms with Gasteiger partial charge in [0, 0.05) is 25.0 Å². The van der Waals surface area contributed by atoms with E-state index in [4.69, 9.17) is 0 Å². The highest BCUT2D eigenvalue weighted by Gasteiger charge is 2.26. The smallest absolute Gasteiger partial charge is 0.294 e. The Bertz CT molecular complexity index is 1210. The van der Waals surface area contributed by atoms with E-state index < -0.39 is 17.5 Å². The minimum absolute atomic E-state index is 0.193. The number of nitrogens with zero attached hydrogens (tertiary/aromatic N) is 1. The lowest BCUT2D eigenvalue weighted by molar-refractivity contribution is -0.124. The molecule has 0 aliphatic heterocycles. The Labute approximate surface area is 155 Å². The largest absolute Gasteiger partial charge is 0.354 e. The van der Waals surface area contributed by atoms with E-state index in [0.717, 1.165) is 16.3 Å². The predicted molar refractivity (Wildman–Crippen MR) is 104 cm³/mol. The molecule has 5 heteroatoms. The van der Waals surface area contributed by atoms with E-state index in [1.54, 1.807) is 6.07 Å². The molecule has 134 valence electrons. The number of halogens is 1. The second-order valence-electron chi connectivity index (χ2n) is 6.66. The number of ketones is 1. The highest BCUT2D eigenvalue weighted by atomic mass is 19.1. The van der Waals surface area contributed by atoms with E-state index in [9.17, 15) is 14.0 Å². The van der Waals surface area contributed by atoms with Crippen molar-refractivity contribution in [3.8, 4) is 11.3 Å². The zero-order valence-electron chi connectivity index (χ0n) is 14.9. The average molecular weight is 360 g/mol. The number of nitrogens with one attached hydrogen (secondary N) is 1. The molecule has 3 aromatic carbocycles. The number of likely N-dealkylation sites (N-methyl/N-ethyl adjacent to an activating group) is 1. The van der Waals surface area contributed by atoms with E-state index >= 15 is 0 Å². The molecule has 1 aromatic heterocycles. The Morgan fingerprint density at radius 2 is 1.67 bits per heavy atom. The molecule has 0 aliphatic carbocycles. The lowest BCUT2D eigenvalue weighted by Crippen LogP contribution is -2.30. The molecule has 0 atom stereocenters. The summed E-state index contributed by atoms with van der Waals surface area (Å²) < 4.78 is 13.8. The van der Waals surface area contributed by atoms with Gasteiger partial charge in [0.15, 0.2) is 0 Å². The van der Waals surface area contributed by atoms with E-state index in [2.05, 4.69) is 4.98 Å². The van der Waals surface area contributed by atoms with Gasteiger partial charge in [0.25, 0.3) is 11.7 Å². The van der Waals surface area contributed by atoms with Crippen LogP contribution in [0.25, 0.3) is 32.9 Å². The van der Waals surface area contributed by atoms with Crippen LogP contribution in [0.3, 0.4) is 0 Å². The fourth-order valence-corrected chi connectivity index (χ4v) is 3.27. The molecule has 0 bridgehead atoms. The number of carbonyl (C=O) groups is 2. The molecule has 1 N–H and O–H groups in total. The first-order valence-electron chi connectivity index (χ1n) is 8.52. The summed E-state index contributed by atoms with van der Waals surface area (Å²) in [5.74, 6) is -1.78. The summed E-state index contributed by atoms with van der Waals surface area (Å²) in [6, 6.07) is 17.9. The molecule has 0 spiro atoms. The molecule has 0 radical (unpaired) electrons. The number of aromatic amines is 1. The number of H-pyrrole nitrogens is 1. The van der Waals surface area contributed by atoms with Gasteiger partial charge >= 0.3 is 0 Å². The second kappa shape index (κ2) is 6.36. The fraction of sp³-hybridized carbons (Fsp3) is 0.0909. The van der Waals surface area contributed by atoms with Gasteiger partial charge in [-0.1, -0.05) is 36.4 Å². The molecule has 0 aliphatic rings. The number of fused-ring (bicyclic) bond motifs is 2. The Morgan fingerprint density at radius 3 is 2.41 bits per heavy atom. The highest BCUT2D eigenvalue weighted by molar-refractivity contribution is 6.46. The van der Waals surface area contributed by atoms with Gasteiger partial charge in [-0.05, 0) is 40.6 Å². The molecule has 4 nitrogen and oxygen atoms in total. The maximum atomic E-state index is 13.8. The van der Waals surface area contributed by atoms with Gasteiger partial charge in [-0.2, -0.15) is 0 Å². The summed E-state index contributed by atoms with van der Waals surface area (Å²) in [6.45, 7) is 0. The summed E-state index contributed by atoms with van der Waals surface area (Å²) in [4.78, 5) is 29.6. The van der Waals surface area contributed by atoms with Gasteiger partial charge in [-0.15, -0.1) is 0 Å². The van der Waals surface area contributed by atoms with Crippen LogP contribution in [0.1, 0.15) is 10.4 Å². The number of hydrogen-bond donors (Lipinski definition) is 1. The summed E-state index contributed by atoms with van der Waals surface area (Å²) in [5, 5.41) is 2.48. The number of hydrogen-bond acceptors (Lipinski definition) is 2. The van der Waals surface area contributed by atoms with E-state index in [1.807, 2.05) is 42.5 Å². The van der Waals surface area contributed by atoms with Crippen molar-refractivity contribution in [2.24, 2.45) is 0 Å². The van der Waals surface area contributed by atoms with Crippen LogP contribution in [0.5, 0.6) is 0 Å². The normalized spacial score (nSPS) is 11.1. The number of aromatic nitrogens is 1. The standard InChI is InChI=1S/C22H17FN2O2/c1-25(2)22(27)21(26)19-17-12-16(23)9-10-18(17)24-20(19)15-8-7-13-5-3-4-6-14(13)11-15/h3-12,24H,1-2H3. The summed E-state index contributed by atoms with van der Waals surface area (Å²) in [6.07, 6.45) is 0. The van der Waals surface area contributed by atoms with Crippen molar-refractivity contribution in [3.63, 3.8) is 0 Å². The topological polar surface area (TPSA) is 53.2 Å².